The number of nitrogens with two attached hydrogens (primary N) is 1. The van der Waals surface area contributed by atoms with Crippen molar-refractivity contribution < 1.29 is 4.52 Å². The van der Waals surface area contributed by atoms with Gasteiger partial charge < -0.3 is 15.2 Å². The van der Waals surface area contributed by atoms with E-state index in [-0.39, 0.29) is 6.04 Å². The van der Waals surface area contributed by atoms with Gasteiger partial charge in [-0.1, -0.05) is 5.16 Å². The minimum Gasteiger partial charge on any atom is -0.342 e. The fourth-order valence-electron chi connectivity index (χ4n) is 1.19. The van der Waals surface area contributed by atoms with Gasteiger partial charge in [-0.25, -0.2) is 4.98 Å². The van der Waals surface area contributed by atoms with Crippen molar-refractivity contribution in [3.8, 4) is 11.6 Å². The third-order valence-corrected chi connectivity index (χ3v) is 1.99. The summed E-state index contributed by atoms with van der Waals surface area (Å²) in [6.07, 6.45) is 4.89. The zero-order valence-electron chi connectivity index (χ0n) is 8.47. The Bertz CT molecular complexity index is 406. The van der Waals surface area contributed by atoms with Crippen LogP contribution in [0.2, 0.25) is 0 Å². The predicted octanol–water partition coefficient (Wildman–Crippen LogP) is 0.740. The van der Waals surface area contributed by atoms with Crippen molar-refractivity contribution in [2.75, 3.05) is 0 Å². The summed E-state index contributed by atoms with van der Waals surface area (Å²) >= 11 is 0. The van der Waals surface area contributed by atoms with E-state index < -0.39 is 0 Å². The van der Waals surface area contributed by atoms with E-state index in [1.165, 1.54) is 0 Å². The zero-order valence-corrected chi connectivity index (χ0v) is 8.47. The fourth-order valence-corrected chi connectivity index (χ4v) is 1.19. The molecule has 3 N–H and O–H groups in total. The maximum atomic E-state index is 5.63. The van der Waals surface area contributed by atoms with E-state index in [0.717, 1.165) is 6.42 Å². The highest BCUT2D eigenvalue weighted by molar-refractivity contribution is 5.40. The molecule has 0 spiro atoms. The SMILES string of the molecule is CC(N)CCc1nc(-c2ncc[nH]2)no1. The molecule has 0 aliphatic heterocycles. The molecule has 0 saturated heterocycles. The Hall–Kier alpha value is -1.69. The number of aryl methyl sites for hydroxylation is 1. The first kappa shape index (κ1) is 9.85. The highest BCUT2D eigenvalue weighted by atomic mass is 16.5. The van der Waals surface area contributed by atoms with Gasteiger partial charge in [0.15, 0.2) is 5.82 Å². The number of nitrogens with zero attached hydrogens (tertiary/aromatic N) is 3. The highest BCUT2D eigenvalue weighted by Crippen LogP contribution is 2.10. The summed E-state index contributed by atoms with van der Waals surface area (Å²) in [7, 11) is 0. The molecule has 0 saturated carbocycles. The normalized spacial score (nSPS) is 12.9. The first-order valence-electron chi connectivity index (χ1n) is 4.83. The maximum absolute atomic E-state index is 5.63. The van der Waals surface area contributed by atoms with Crippen LogP contribution in [0.1, 0.15) is 19.2 Å². The molecule has 0 bridgehead atoms. The fraction of sp³-hybridized carbons (Fsp3) is 0.444. The molecule has 2 aromatic heterocycles. The number of hydrogen-bond donors (Lipinski definition) is 2. The van der Waals surface area contributed by atoms with Gasteiger partial charge in [0.1, 0.15) is 0 Å². The number of hydrogen-bond acceptors (Lipinski definition) is 5. The van der Waals surface area contributed by atoms with Crippen LogP contribution in [0, 0.1) is 0 Å². The third-order valence-electron chi connectivity index (χ3n) is 1.99. The summed E-state index contributed by atoms with van der Waals surface area (Å²) in [4.78, 5) is 11.1. The van der Waals surface area contributed by atoms with Crippen molar-refractivity contribution in [3.63, 3.8) is 0 Å². The molecule has 6 heteroatoms. The molecule has 0 aromatic carbocycles. The number of nitrogens with one attached hydrogen (secondary N) is 1. The summed E-state index contributed by atoms with van der Waals surface area (Å²) in [5.41, 5.74) is 5.63. The molecule has 6 nitrogen and oxygen atoms in total. The number of aromatic amines is 1. The van der Waals surface area contributed by atoms with Gasteiger partial charge in [-0.15, -0.1) is 0 Å². The van der Waals surface area contributed by atoms with Gasteiger partial charge in [0.05, 0.1) is 0 Å². The highest BCUT2D eigenvalue weighted by Gasteiger charge is 2.10. The summed E-state index contributed by atoms with van der Waals surface area (Å²) in [5, 5.41) is 3.82. The molecule has 0 aliphatic rings. The smallest absolute Gasteiger partial charge is 0.238 e. The molecule has 0 fully saturated rings. The van der Waals surface area contributed by atoms with Crippen LogP contribution in [-0.4, -0.2) is 26.2 Å². The van der Waals surface area contributed by atoms with Gasteiger partial charge >= 0.3 is 0 Å². The molecule has 2 aromatic rings. The molecular formula is C9H13N5O. The van der Waals surface area contributed by atoms with Crippen LogP contribution >= 0.6 is 0 Å². The third kappa shape index (κ3) is 2.41. The molecule has 80 valence electrons. The number of rotatable bonds is 4. The molecular weight excluding hydrogens is 194 g/mol. The van der Waals surface area contributed by atoms with E-state index in [4.69, 9.17) is 10.3 Å². The van der Waals surface area contributed by atoms with Crippen molar-refractivity contribution in [1.82, 2.24) is 20.1 Å². The Morgan fingerprint density at radius 1 is 1.60 bits per heavy atom. The molecule has 0 amide bonds. The van der Waals surface area contributed by atoms with Gasteiger partial charge in [0, 0.05) is 24.9 Å². The minimum atomic E-state index is 0.143. The first-order chi connectivity index (χ1) is 7.25. The maximum Gasteiger partial charge on any atom is 0.238 e. The second-order valence-electron chi connectivity index (χ2n) is 3.47. The summed E-state index contributed by atoms with van der Waals surface area (Å²) < 4.78 is 5.06. The van der Waals surface area contributed by atoms with E-state index in [2.05, 4.69) is 20.1 Å². The lowest BCUT2D eigenvalue weighted by atomic mass is 10.2. The molecule has 2 rings (SSSR count). The van der Waals surface area contributed by atoms with E-state index in [1.54, 1.807) is 12.4 Å². The van der Waals surface area contributed by atoms with E-state index in [0.29, 0.717) is 24.0 Å². The topological polar surface area (TPSA) is 93.6 Å². The molecule has 1 atom stereocenters. The lowest BCUT2D eigenvalue weighted by molar-refractivity contribution is 0.372. The molecule has 15 heavy (non-hydrogen) atoms. The molecule has 0 aliphatic carbocycles. The van der Waals surface area contributed by atoms with Crippen LogP contribution in [0.15, 0.2) is 16.9 Å². The largest absolute Gasteiger partial charge is 0.342 e. The van der Waals surface area contributed by atoms with Crippen molar-refractivity contribution in [2.45, 2.75) is 25.8 Å². The summed E-state index contributed by atoms with van der Waals surface area (Å²) in [6, 6.07) is 0.143. The van der Waals surface area contributed by atoms with Crippen LogP contribution in [0.25, 0.3) is 11.6 Å². The Morgan fingerprint density at radius 2 is 2.47 bits per heavy atom. The zero-order chi connectivity index (χ0) is 10.7. The van der Waals surface area contributed by atoms with Crippen LogP contribution in [0.3, 0.4) is 0 Å². The lowest BCUT2D eigenvalue weighted by Crippen LogP contribution is -2.15. The van der Waals surface area contributed by atoms with E-state index >= 15 is 0 Å². The number of imidazole rings is 1. The first-order valence-corrected chi connectivity index (χ1v) is 4.83. The van der Waals surface area contributed by atoms with Crippen molar-refractivity contribution in [3.05, 3.63) is 18.3 Å². The predicted molar refractivity (Wildman–Crippen MR) is 53.9 cm³/mol. The second kappa shape index (κ2) is 4.22. The van der Waals surface area contributed by atoms with Crippen LogP contribution in [0.4, 0.5) is 0 Å². The number of H-pyrrole nitrogens is 1. The molecule has 2 heterocycles. The van der Waals surface area contributed by atoms with E-state index in [9.17, 15) is 0 Å². The monoisotopic (exact) mass is 207 g/mol. The molecule has 0 radical (unpaired) electrons. The van der Waals surface area contributed by atoms with Gasteiger partial charge in [0.2, 0.25) is 11.7 Å². The summed E-state index contributed by atoms with van der Waals surface area (Å²) in [6.45, 7) is 1.95. The quantitative estimate of drug-likeness (QED) is 0.771. The van der Waals surface area contributed by atoms with Gasteiger partial charge in [-0.2, -0.15) is 4.98 Å². The lowest BCUT2D eigenvalue weighted by Gasteiger charge is -1.99. The Labute approximate surface area is 86.9 Å². The minimum absolute atomic E-state index is 0.143. The standard InChI is InChI=1S/C9H13N5O/c1-6(10)2-3-7-13-9(14-15-7)8-11-4-5-12-8/h4-6H,2-3,10H2,1H3,(H,11,12). The van der Waals surface area contributed by atoms with Gasteiger partial charge in [-0.3, -0.25) is 0 Å². The molecule has 1 unspecified atom stereocenters. The Morgan fingerprint density at radius 3 is 3.13 bits per heavy atom. The van der Waals surface area contributed by atoms with Crippen molar-refractivity contribution in [1.29, 1.82) is 0 Å². The number of aromatic nitrogens is 4. The van der Waals surface area contributed by atoms with E-state index in [1.807, 2.05) is 6.92 Å². The second-order valence-corrected chi connectivity index (χ2v) is 3.47. The average Bonchev–Trinajstić information content (AvgIpc) is 2.85. The Balaban J connectivity index is 2.04. The van der Waals surface area contributed by atoms with Crippen LogP contribution in [-0.2, 0) is 6.42 Å². The average molecular weight is 207 g/mol. The van der Waals surface area contributed by atoms with Crippen LogP contribution in [0.5, 0.6) is 0 Å². The summed E-state index contributed by atoms with van der Waals surface area (Å²) in [5.74, 6) is 1.70. The van der Waals surface area contributed by atoms with Gasteiger partial charge in [-0.05, 0) is 13.3 Å². The van der Waals surface area contributed by atoms with Crippen molar-refractivity contribution in [2.24, 2.45) is 5.73 Å². The van der Waals surface area contributed by atoms with Crippen molar-refractivity contribution >= 4 is 0 Å². The van der Waals surface area contributed by atoms with Gasteiger partial charge in [0.25, 0.3) is 0 Å². The van der Waals surface area contributed by atoms with Crippen LogP contribution < -0.4 is 5.73 Å². The Kier molecular flexibility index (Phi) is 2.77.